The number of carbonyl (C=O) groups excluding carboxylic acids is 1. The second-order valence-corrected chi connectivity index (χ2v) is 6.24. The third-order valence-corrected chi connectivity index (χ3v) is 4.02. The predicted molar refractivity (Wildman–Crippen MR) is 101 cm³/mol. The summed E-state index contributed by atoms with van der Waals surface area (Å²) < 4.78 is 38.5. The number of halogens is 3. The normalized spacial score (nSPS) is 14.7. The number of aliphatic carboxylic acids is 1. The smallest absolute Gasteiger partial charge is 0.401 e. The van der Waals surface area contributed by atoms with Gasteiger partial charge in [0, 0.05) is 17.3 Å². The number of benzene rings is 1. The van der Waals surface area contributed by atoms with Crippen molar-refractivity contribution < 1.29 is 27.9 Å². The lowest BCUT2D eigenvalue weighted by Gasteiger charge is -2.28. The third kappa shape index (κ3) is 6.77. The highest BCUT2D eigenvalue weighted by molar-refractivity contribution is 5.97. The first kappa shape index (κ1) is 23.3. The summed E-state index contributed by atoms with van der Waals surface area (Å²) in [6.07, 6.45) is -0.294. The van der Waals surface area contributed by atoms with Crippen LogP contribution in [0.5, 0.6) is 0 Å². The number of carboxylic acid groups (broad SMARTS) is 1. The van der Waals surface area contributed by atoms with E-state index in [-0.39, 0.29) is 28.2 Å². The van der Waals surface area contributed by atoms with Crippen LogP contribution in [-0.2, 0) is 4.79 Å². The van der Waals surface area contributed by atoms with E-state index in [1.165, 1.54) is 50.3 Å². The van der Waals surface area contributed by atoms with Crippen LogP contribution in [0.15, 0.2) is 48.1 Å². The Kier molecular flexibility index (Phi) is 8.31. The molecule has 3 N–H and O–H groups in total. The van der Waals surface area contributed by atoms with E-state index >= 15 is 0 Å². The van der Waals surface area contributed by atoms with E-state index in [2.05, 4.69) is 5.32 Å². The molecular weight excluding hydrogens is 373 g/mol. The molecule has 1 aromatic carbocycles. The van der Waals surface area contributed by atoms with Gasteiger partial charge in [-0.25, -0.2) is 0 Å². The number of carbonyl (C=O) groups is 2. The van der Waals surface area contributed by atoms with E-state index in [0.29, 0.717) is 0 Å². The van der Waals surface area contributed by atoms with Gasteiger partial charge in [-0.3, -0.25) is 9.59 Å². The molecule has 8 heteroatoms. The molecule has 152 valence electrons. The Hall–Kier alpha value is -2.74. The fourth-order valence-corrected chi connectivity index (χ4v) is 2.80. The molecule has 0 heterocycles. The summed E-state index contributed by atoms with van der Waals surface area (Å²) in [5.74, 6) is -3.19. The summed E-state index contributed by atoms with van der Waals surface area (Å²) in [6, 6.07) is 4.70. The van der Waals surface area contributed by atoms with Crippen molar-refractivity contribution in [3.63, 3.8) is 0 Å². The standard InChI is InChI=1S/C20H23F3N2O3/c1-4-14(10-9-12(2)24)18(25-11-20(21,22)23)17(19(27)28)16-8-6-5-7-15(16)13(3)26/h4-10,17-18,24-25H,11H2,1-3H3,(H,27,28)/b10-9-,14-4+,24-12?/t17-,18?/m1/s1. The summed E-state index contributed by atoms with van der Waals surface area (Å²) in [5.41, 5.74) is 0.685. The van der Waals surface area contributed by atoms with Gasteiger partial charge in [0.15, 0.2) is 5.78 Å². The molecule has 5 nitrogen and oxygen atoms in total. The maximum atomic E-state index is 12.8. The molecule has 1 rings (SSSR count). The van der Waals surface area contributed by atoms with Crippen molar-refractivity contribution in [1.82, 2.24) is 5.32 Å². The highest BCUT2D eigenvalue weighted by atomic mass is 19.4. The van der Waals surface area contributed by atoms with E-state index in [9.17, 15) is 27.9 Å². The van der Waals surface area contributed by atoms with E-state index in [4.69, 9.17) is 5.41 Å². The number of hydrogen-bond acceptors (Lipinski definition) is 4. The lowest BCUT2D eigenvalue weighted by molar-refractivity contribution is -0.141. The second-order valence-electron chi connectivity index (χ2n) is 6.24. The summed E-state index contributed by atoms with van der Waals surface area (Å²) >= 11 is 0. The van der Waals surface area contributed by atoms with Crippen LogP contribution in [0.4, 0.5) is 13.2 Å². The molecule has 0 saturated carbocycles. The van der Waals surface area contributed by atoms with Crippen molar-refractivity contribution in [3.8, 4) is 0 Å². The average Bonchev–Trinajstić information content (AvgIpc) is 2.58. The molecule has 2 atom stereocenters. The second kappa shape index (κ2) is 9.98. The van der Waals surface area contributed by atoms with Crippen LogP contribution in [0.3, 0.4) is 0 Å². The maximum absolute atomic E-state index is 12.8. The number of alkyl halides is 3. The Morgan fingerprint density at radius 2 is 1.82 bits per heavy atom. The van der Waals surface area contributed by atoms with Crippen molar-refractivity contribution in [2.24, 2.45) is 0 Å². The quantitative estimate of drug-likeness (QED) is 0.333. The molecule has 1 aromatic rings. The summed E-state index contributed by atoms with van der Waals surface area (Å²) in [4.78, 5) is 24.0. The largest absolute Gasteiger partial charge is 0.481 e. The fraction of sp³-hybridized carbons (Fsp3) is 0.350. The number of Topliss-reactive ketones (excluding diaryl/α,β-unsaturated/α-hetero) is 1. The zero-order valence-corrected chi connectivity index (χ0v) is 15.8. The Labute approximate surface area is 161 Å². The molecule has 0 spiro atoms. The van der Waals surface area contributed by atoms with Gasteiger partial charge in [-0.1, -0.05) is 36.4 Å². The van der Waals surface area contributed by atoms with Crippen molar-refractivity contribution in [2.75, 3.05) is 6.54 Å². The first-order valence-corrected chi connectivity index (χ1v) is 8.50. The minimum absolute atomic E-state index is 0.126. The van der Waals surface area contributed by atoms with Crippen LogP contribution in [0, 0.1) is 5.41 Å². The molecule has 28 heavy (non-hydrogen) atoms. The SMILES string of the molecule is C/C=C(\C=C/C(C)=N)C(NCC(F)(F)F)[C@H](C(=O)O)c1ccccc1C(C)=O. The molecule has 0 aromatic heterocycles. The molecule has 1 unspecified atom stereocenters. The minimum Gasteiger partial charge on any atom is -0.481 e. The maximum Gasteiger partial charge on any atom is 0.401 e. The zero-order chi connectivity index (χ0) is 21.5. The van der Waals surface area contributed by atoms with Crippen LogP contribution >= 0.6 is 0 Å². The molecule has 0 aliphatic heterocycles. The first-order chi connectivity index (χ1) is 13.0. The average molecular weight is 396 g/mol. The lowest BCUT2D eigenvalue weighted by Crippen LogP contribution is -2.44. The van der Waals surface area contributed by atoms with Crippen LogP contribution in [0.2, 0.25) is 0 Å². The predicted octanol–water partition coefficient (Wildman–Crippen LogP) is 4.12. The van der Waals surface area contributed by atoms with Gasteiger partial charge < -0.3 is 15.8 Å². The first-order valence-electron chi connectivity index (χ1n) is 8.50. The van der Waals surface area contributed by atoms with Gasteiger partial charge in [0.25, 0.3) is 0 Å². The number of allylic oxidation sites excluding steroid dienone is 2. The lowest BCUT2D eigenvalue weighted by atomic mass is 9.83. The highest BCUT2D eigenvalue weighted by Crippen LogP contribution is 2.29. The Morgan fingerprint density at radius 1 is 1.21 bits per heavy atom. The van der Waals surface area contributed by atoms with E-state index in [1.807, 2.05) is 0 Å². The molecule has 0 amide bonds. The zero-order valence-electron chi connectivity index (χ0n) is 15.8. The van der Waals surface area contributed by atoms with Gasteiger partial charge >= 0.3 is 12.1 Å². The number of ketones is 1. The third-order valence-electron chi connectivity index (χ3n) is 4.02. The fourth-order valence-electron chi connectivity index (χ4n) is 2.80. The van der Waals surface area contributed by atoms with Crippen molar-refractivity contribution in [1.29, 1.82) is 5.41 Å². The van der Waals surface area contributed by atoms with E-state index < -0.39 is 30.7 Å². The van der Waals surface area contributed by atoms with Gasteiger partial charge in [0.1, 0.15) is 5.92 Å². The summed E-state index contributed by atoms with van der Waals surface area (Å²) in [7, 11) is 0. The highest BCUT2D eigenvalue weighted by Gasteiger charge is 2.36. The van der Waals surface area contributed by atoms with Crippen molar-refractivity contribution >= 4 is 17.5 Å². The summed E-state index contributed by atoms with van der Waals surface area (Å²) in [5, 5.41) is 19.6. The summed E-state index contributed by atoms with van der Waals surface area (Å²) in [6.45, 7) is 2.92. The van der Waals surface area contributed by atoms with Crippen molar-refractivity contribution in [3.05, 3.63) is 59.2 Å². The van der Waals surface area contributed by atoms with Gasteiger partial charge in [-0.05, 0) is 38.0 Å². The van der Waals surface area contributed by atoms with Gasteiger partial charge in [0.05, 0.1) is 6.54 Å². The molecule has 0 aliphatic rings. The number of hydrogen-bond donors (Lipinski definition) is 3. The van der Waals surface area contributed by atoms with Crippen molar-refractivity contribution in [2.45, 2.75) is 38.9 Å². The van der Waals surface area contributed by atoms with Crippen LogP contribution in [-0.4, -0.2) is 41.3 Å². The van der Waals surface area contributed by atoms with Crippen LogP contribution < -0.4 is 5.32 Å². The molecule has 0 radical (unpaired) electrons. The Morgan fingerprint density at radius 3 is 2.29 bits per heavy atom. The topological polar surface area (TPSA) is 90.2 Å². The number of nitrogens with one attached hydrogen (secondary N) is 2. The van der Waals surface area contributed by atoms with Gasteiger partial charge in [-0.2, -0.15) is 13.2 Å². The molecule has 0 fully saturated rings. The van der Waals surface area contributed by atoms with E-state index in [0.717, 1.165) is 0 Å². The molecule has 0 saturated heterocycles. The van der Waals surface area contributed by atoms with Crippen LogP contribution in [0.1, 0.15) is 42.6 Å². The number of carboxylic acids is 1. The molecular formula is C20H23F3N2O3. The number of rotatable bonds is 9. The molecule has 0 aliphatic carbocycles. The van der Waals surface area contributed by atoms with E-state index in [1.54, 1.807) is 13.0 Å². The minimum atomic E-state index is -4.55. The van der Waals surface area contributed by atoms with Gasteiger partial charge in [0.2, 0.25) is 0 Å². The van der Waals surface area contributed by atoms with Gasteiger partial charge in [-0.15, -0.1) is 0 Å². The Balaban J connectivity index is 3.55. The molecule has 0 bridgehead atoms. The van der Waals surface area contributed by atoms with Crippen LogP contribution in [0.25, 0.3) is 0 Å². The Bertz CT molecular complexity index is 798. The monoisotopic (exact) mass is 396 g/mol.